The molecule has 3 rings (SSSR count). The van der Waals surface area contributed by atoms with Crippen molar-refractivity contribution in [1.82, 2.24) is 9.80 Å². The molecule has 0 spiro atoms. The number of carbonyl (C=O) groups is 2. The van der Waals surface area contributed by atoms with Crippen molar-refractivity contribution in [2.24, 2.45) is 5.73 Å². The Morgan fingerprint density at radius 3 is 2.00 bits per heavy atom. The van der Waals surface area contributed by atoms with Crippen molar-refractivity contribution in [2.45, 2.75) is 6.54 Å². The Balaban J connectivity index is 1.53. The molecule has 2 N–H and O–H groups in total. The SMILES string of the molecule is NC(=O)c1ccc(CN2CCN(C(=O)c3ccc(Cl)cc3)CC2)cc1. The van der Waals surface area contributed by atoms with Crippen molar-refractivity contribution in [3.8, 4) is 0 Å². The van der Waals surface area contributed by atoms with Gasteiger partial charge in [0, 0.05) is 48.9 Å². The highest BCUT2D eigenvalue weighted by atomic mass is 35.5. The number of benzene rings is 2. The van der Waals surface area contributed by atoms with Gasteiger partial charge in [-0.1, -0.05) is 23.7 Å². The van der Waals surface area contributed by atoms with Gasteiger partial charge in [0.05, 0.1) is 0 Å². The van der Waals surface area contributed by atoms with E-state index in [0.717, 1.165) is 25.2 Å². The first-order valence-electron chi connectivity index (χ1n) is 8.19. The van der Waals surface area contributed by atoms with E-state index in [-0.39, 0.29) is 5.91 Å². The summed E-state index contributed by atoms with van der Waals surface area (Å²) in [5.74, 6) is -0.372. The predicted molar refractivity (Wildman–Crippen MR) is 97.6 cm³/mol. The van der Waals surface area contributed by atoms with Crippen LogP contribution in [0.1, 0.15) is 26.3 Å². The van der Waals surface area contributed by atoms with Gasteiger partial charge in [-0.05, 0) is 42.0 Å². The number of nitrogens with two attached hydrogens (primary N) is 1. The third kappa shape index (κ3) is 4.38. The van der Waals surface area contributed by atoms with Gasteiger partial charge in [-0.2, -0.15) is 0 Å². The molecule has 25 heavy (non-hydrogen) atoms. The maximum absolute atomic E-state index is 12.5. The van der Waals surface area contributed by atoms with E-state index >= 15 is 0 Å². The van der Waals surface area contributed by atoms with Gasteiger partial charge in [0.15, 0.2) is 0 Å². The molecule has 2 aromatic rings. The fourth-order valence-corrected chi connectivity index (χ4v) is 3.04. The van der Waals surface area contributed by atoms with Crippen LogP contribution >= 0.6 is 11.6 Å². The molecule has 6 heteroatoms. The average molecular weight is 358 g/mol. The Morgan fingerprint density at radius 2 is 1.44 bits per heavy atom. The smallest absolute Gasteiger partial charge is 0.253 e. The Morgan fingerprint density at radius 1 is 0.880 bits per heavy atom. The lowest BCUT2D eigenvalue weighted by Crippen LogP contribution is -2.48. The number of rotatable bonds is 4. The quantitative estimate of drug-likeness (QED) is 0.913. The fourth-order valence-electron chi connectivity index (χ4n) is 2.92. The highest BCUT2D eigenvalue weighted by Gasteiger charge is 2.22. The summed E-state index contributed by atoms with van der Waals surface area (Å²) in [6, 6.07) is 14.3. The minimum Gasteiger partial charge on any atom is -0.366 e. The number of amides is 2. The molecule has 1 heterocycles. The van der Waals surface area contributed by atoms with E-state index in [1.54, 1.807) is 36.4 Å². The van der Waals surface area contributed by atoms with Crippen LogP contribution in [0.3, 0.4) is 0 Å². The Labute approximate surface area is 152 Å². The van der Waals surface area contributed by atoms with E-state index in [9.17, 15) is 9.59 Å². The number of carbonyl (C=O) groups excluding carboxylic acids is 2. The minimum absolute atomic E-state index is 0.0436. The lowest BCUT2D eigenvalue weighted by atomic mass is 10.1. The second kappa shape index (κ2) is 7.68. The van der Waals surface area contributed by atoms with E-state index in [0.29, 0.717) is 29.2 Å². The van der Waals surface area contributed by atoms with Crippen LogP contribution in [0.5, 0.6) is 0 Å². The molecule has 0 saturated carbocycles. The summed E-state index contributed by atoms with van der Waals surface area (Å²) < 4.78 is 0. The van der Waals surface area contributed by atoms with E-state index in [1.807, 2.05) is 17.0 Å². The zero-order valence-electron chi connectivity index (χ0n) is 13.8. The fraction of sp³-hybridized carbons (Fsp3) is 0.263. The highest BCUT2D eigenvalue weighted by Crippen LogP contribution is 2.14. The highest BCUT2D eigenvalue weighted by molar-refractivity contribution is 6.30. The van der Waals surface area contributed by atoms with Crippen molar-refractivity contribution in [1.29, 1.82) is 0 Å². The zero-order valence-corrected chi connectivity index (χ0v) is 14.6. The Hall–Kier alpha value is -2.37. The minimum atomic E-state index is -0.416. The molecule has 1 fully saturated rings. The second-order valence-corrected chi connectivity index (χ2v) is 6.57. The molecule has 0 aliphatic carbocycles. The van der Waals surface area contributed by atoms with Crippen LogP contribution in [-0.4, -0.2) is 47.8 Å². The molecule has 0 bridgehead atoms. The molecule has 1 aliphatic heterocycles. The van der Waals surface area contributed by atoms with Crippen LogP contribution in [0, 0.1) is 0 Å². The molecule has 1 saturated heterocycles. The summed E-state index contributed by atoms with van der Waals surface area (Å²) in [5.41, 5.74) is 7.56. The molecule has 130 valence electrons. The number of halogens is 1. The molecule has 0 unspecified atom stereocenters. The standard InChI is InChI=1S/C19H20ClN3O2/c20-17-7-5-16(6-8-17)19(25)23-11-9-22(10-12-23)13-14-1-3-15(4-2-14)18(21)24/h1-8H,9-13H2,(H2,21,24). The van der Waals surface area contributed by atoms with Crippen molar-refractivity contribution in [3.63, 3.8) is 0 Å². The summed E-state index contributed by atoms with van der Waals surface area (Å²) in [7, 11) is 0. The van der Waals surface area contributed by atoms with Crippen molar-refractivity contribution < 1.29 is 9.59 Å². The van der Waals surface area contributed by atoms with Gasteiger partial charge in [-0.15, -0.1) is 0 Å². The van der Waals surface area contributed by atoms with Crippen molar-refractivity contribution in [2.75, 3.05) is 26.2 Å². The van der Waals surface area contributed by atoms with Crippen LogP contribution < -0.4 is 5.73 Å². The van der Waals surface area contributed by atoms with Gasteiger partial charge in [0.25, 0.3) is 5.91 Å². The van der Waals surface area contributed by atoms with Crippen molar-refractivity contribution in [3.05, 3.63) is 70.2 Å². The number of nitrogens with zero attached hydrogens (tertiary/aromatic N) is 2. The Bertz CT molecular complexity index is 751. The maximum Gasteiger partial charge on any atom is 0.253 e. The topological polar surface area (TPSA) is 66.6 Å². The molecule has 5 nitrogen and oxygen atoms in total. The molecule has 2 aromatic carbocycles. The van der Waals surface area contributed by atoms with Gasteiger partial charge in [-0.25, -0.2) is 0 Å². The molecule has 0 aromatic heterocycles. The number of hydrogen-bond donors (Lipinski definition) is 1. The van der Waals surface area contributed by atoms with Gasteiger partial charge in [0.2, 0.25) is 5.91 Å². The average Bonchev–Trinajstić information content (AvgIpc) is 2.63. The predicted octanol–water partition coefficient (Wildman–Crippen LogP) is 2.40. The first kappa shape index (κ1) is 17.5. The lowest BCUT2D eigenvalue weighted by molar-refractivity contribution is 0.0628. The lowest BCUT2D eigenvalue weighted by Gasteiger charge is -2.34. The van der Waals surface area contributed by atoms with Crippen LogP contribution in [-0.2, 0) is 6.54 Å². The Kier molecular flexibility index (Phi) is 5.36. The van der Waals surface area contributed by atoms with Gasteiger partial charge in [-0.3, -0.25) is 14.5 Å². The van der Waals surface area contributed by atoms with Gasteiger partial charge >= 0.3 is 0 Å². The third-order valence-corrected chi connectivity index (χ3v) is 4.65. The summed E-state index contributed by atoms with van der Waals surface area (Å²) in [6.07, 6.45) is 0. The van der Waals surface area contributed by atoms with Gasteiger partial charge < -0.3 is 10.6 Å². The van der Waals surface area contributed by atoms with Gasteiger partial charge in [0.1, 0.15) is 0 Å². The first-order valence-corrected chi connectivity index (χ1v) is 8.56. The number of primary amides is 1. The van der Waals surface area contributed by atoms with E-state index in [4.69, 9.17) is 17.3 Å². The molecular weight excluding hydrogens is 338 g/mol. The second-order valence-electron chi connectivity index (χ2n) is 6.14. The van der Waals surface area contributed by atoms with E-state index < -0.39 is 5.91 Å². The largest absolute Gasteiger partial charge is 0.366 e. The van der Waals surface area contributed by atoms with E-state index in [1.165, 1.54) is 0 Å². The summed E-state index contributed by atoms with van der Waals surface area (Å²) in [4.78, 5) is 27.8. The van der Waals surface area contributed by atoms with Crippen LogP contribution in [0.15, 0.2) is 48.5 Å². The molecule has 0 radical (unpaired) electrons. The monoisotopic (exact) mass is 357 g/mol. The molecular formula is C19H20ClN3O2. The van der Waals surface area contributed by atoms with E-state index in [2.05, 4.69) is 4.90 Å². The first-order chi connectivity index (χ1) is 12.0. The molecule has 2 amide bonds. The van der Waals surface area contributed by atoms with Crippen LogP contribution in [0.4, 0.5) is 0 Å². The zero-order chi connectivity index (χ0) is 17.8. The number of hydrogen-bond acceptors (Lipinski definition) is 3. The molecule has 1 aliphatic rings. The van der Waals surface area contributed by atoms with Crippen molar-refractivity contribution >= 4 is 23.4 Å². The molecule has 0 atom stereocenters. The third-order valence-electron chi connectivity index (χ3n) is 4.40. The summed E-state index contributed by atoms with van der Waals surface area (Å²) in [5, 5.41) is 0.628. The number of piperazine rings is 1. The van der Waals surface area contributed by atoms with Crippen LogP contribution in [0.2, 0.25) is 5.02 Å². The summed E-state index contributed by atoms with van der Waals surface area (Å²) in [6.45, 7) is 3.82. The van der Waals surface area contributed by atoms with Crippen LogP contribution in [0.25, 0.3) is 0 Å². The summed E-state index contributed by atoms with van der Waals surface area (Å²) >= 11 is 5.87. The maximum atomic E-state index is 12.5. The normalized spacial score (nSPS) is 15.2.